The highest BCUT2D eigenvalue weighted by atomic mass is 16.4. The highest BCUT2D eigenvalue weighted by Crippen LogP contribution is 2.34. The number of carboxylic acids is 1. The Balaban J connectivity index is 2.05. The monoisotopic (exact) mass is 290 g/mol. The molecule has 1 aliphatic heterocycles. The molecule has 1 atom stereocenters. The van der Waals surface area contributed by atoms with Gasteiger partial charge in [0.25, 0.3) is 0 Å². The van der Waals surface area contributed by atoms with Gasteiger partial charge >= 0.3 is 5.97 Å². The van der Waals surface area contributed by atoms with Gasteiger partial charge in [-0.15, -0.1) is 0 Å². The zero-order valence-electron chi connectivity index (χ0n) is 12.6. The van der Waals surface area contributed by atoms with E-state index in [-0.39, 0.29) is 25.0 Å². The van der Waals surface area contributed by atoms with Crippen LogP contribution in [0.1, 0.15) is 35.6 Å². The summed E-state index contributed by atoms with van der Waals surface area (Å²) in [7, 11) is 0. The van der Waals surface area contributed by atoms with Crippen molar-refractivity contribution in [3.8, 4) is 0 Å². The lowest BCUT2D eigenvalue weighted by Crippen LogP contribution is -2.39. The molecule has 1 saturated heterocycles. The van der Waals surface area contributed by atoms with Gasteiger partial charge in [0.15, 0.2) is 0 Å². The quantitative estimate of drug-likeness (QED) is 0.865. The van der Waals surface area contributed by atoms with Crippen molar-refractivity contribution in [2.24, 2.45) is 0 Å². The van der Waals surface area contributed by atoms with Crippen LogP contribution in [0.15, 0.2) is 18.2 Å². The predicted molar refractivity (Wildman–Crippen MR) is 80.1 cm³/mol. The largest absolute Gasteiger partial charge is 0.480 e. The van der Waals surface area contributed by atoms with Crippen molar-refractivity contribution in [2.45, 2.75) is 32.7 Å². The van der Waals surface area contributed by atoms with Crippen LogP contribution in [0.4, 0.5) is 0 Å². The van der Waals surface area contributed by atoms with Gasteiger partial charge in [0.05, 0.1) is 6.54 Å². The summed E-state index contributed by atoms with van der Waals surface area (Å²) in [5.41, 5.74) is 3.81. The SMILES string of the molecule is Cc1cccc(C2CCCN2CC(=O)NCC(=O)O)c1C. The number of hydrogen-bond acceptors (Lipinski definition) is 3. The molecule has 5 heteroatoms. The summed E-state index contributed by atoms with van der Waals surface area (Å²) in [4.78, 5) is 24.4. The number of benzene rings is 1. The number of nitrogens with zero attached hydrogens (tertiary/aromatic N) is 1. The summed E-state index contributed by atoms with van der Waals surface area (Å²) >= 11 is 0. The fourth-order valence-corrected chi connectivity index (χ4v) is 2.92. The topological polar surface area (TPSA) is 69.6 Å². The van der Waals surface area contributed by atoms with Gasteiger partial charge in [0, 0.05) is 6.04 Å². The molecule has 1 heterocycles. The Morgan fingerprint density at radius 1 is 1.38 bits per heavy atom. The molecule has 114 valence electrons. The fraction of sp³-hybridized carbons (Fsp3) is 0.500. The second kappa shape index (κ2) is 6.72. The Kier molecular flexibility index (Phi) is 4.96. The van der Waals surface area contributed by atoms with E-state index in [2.05, 4.69) is 42.3 Å². The first-order chi connectivity index (χ1) is 9.99. The van der Waals surface area contributed by atoms with E-state index in [1.54, 1.807) is 0 Å². The Labute approximate surface area is 125 Å². The first-order valence-corrected chi connectivity index (χ1v) is 7.27. The third-order valence-electron chi connectivity index (χ3n) is 4.15. The Morgan fingerprint density at radius 3 is 2.86 bits per heavy atom. The van der Waals surface area contributed by atoms with Crippen LogP contribution in [0.5, 0.6) is 0 Å². The number of likely N-dealkylation sites (tertiary alicyclic amines) is 1. The number of hydrogen-bond donors (Lipinski definition) is 2. The first kappa shape index (κ1) is 15.5. The van der Waals surface area contributed by atoms with E-state index >= 15 is 0 Å². The van der Waals surface area contributed by atoms with E-state index in [1.807, 2.05) is 0 Å². The van der Waals surface area contributed by atoms with Crippen LogP contribution >= 0.6 is 0 Å². The second-order valence-electron chi connectivity index (χ2n) is 5.59. The molecule has 0 aliphatic carbocycles. The molecule has 1 amide bonds. The molecule has 1 unspecified atom stereocenters. The van der Waals surface area contributed by atoms with Crippen molar-refractivity contribution in [3.63, 3.8) is 0 Å². The van der Waals surface area contributed by atoms with Crippen molar-refractivity contribution in [1.82, 2.24) is 10.2 Å². The summed E-state index contributed by atoms with van der Waals surface area (Å²) in [5, 5.41) is 11.0. The summed E-state index contributed by atoms with van der Waals surface area (Å²) < 4.78 is 0. The maximum absolute atomic E-state index is 11.8. The number of carbonyl (C=O) groups excluding carboxylic acids is 1. The van der Waals surface area contributed by atoms with E-state index in [4.69, 9.17) is 5.11 Å². The Bertz CT molecular complexity index is 542. The smallest absolute Gasteiger partial charge is 0.322 e. The van der Waals surface area contributed by atoms with E-state index in [9.17, 15) is 9.59 Å². The first-order valence-electron chi connectivity index (χ1n) is 7.27. The summed E-state index contributed by atoms with van der Waals surface area (Å²) in [5.74, 6) is -1.24. The molecule has 0 aromatic heterocycles. The molecular formula is C16H22N2O3. The zero-order chi connectivity index (χ0) is 15.4. The zero-order valence-corrected chi connectivity index (χ0v) is 12.6. The van der Waals surface area contributed by atoms with Gasteiger partial charge in [0.2, 0.25) is 5.91 Å². The molecule has 1 aliphatic rings. The van der Waals surface area contributed by atoms with Gasteiger partial charge in [-0.1, -0.05) is 18.2 Å². The van der Waals surface area contributed by atoms with E-state index in [0.29, 0.717) is 0 Å². The van der Waals surface area contributed by atoms with Crippen LogP contribution in [0, 0.1) is 13.8 Å². The van der Waals surface area contributed by atoms with Crippen LogP contribution in [0.2, 0.25) is 0 Å². The summed E-state index contributed by atoms with van der Waals surface area (Å²) in [6.07, 6.45) is 2.10. The van der Waals surface area contributed by atoms with Crippen molar-refractivity contribution < 1.29 is 14.7 Å². The lowest BCUT2D eigenvalue weighted by Gasteiger charge is -2.26. The molecule has 0 saturated carbocycles. The Morgan fingerprint density at radius 2 is 2.14 bits per heavy atom. The minimum atomic E-state index is -1.02. The van der Waals surface area contributed by atoms with Crippen molar-refractivity contribution in [2.75, 3.05) is 19.6 Å². The average molecular weight is 290 g/mol. The van der Waals surface area contributed by atoms with E-state index in [1.165, 1.54) is 16.7 Å². The molecule has 5 nitrogen and oxygen atoms in total. The fourth-order valence-electron chi connectivity index (χ4n) is 2.92. The lowest BCUT2D eigenvalue weighted by molar-refractivity contribution is -0.138. The van der Waals surface area contributed by atoms with Gasteiger partial charge in [-0.05, 0) is 49.9 Å². The van der Waals surface area contributed by atoms with Gasteiger partial charge in [-0.2, -0.15) is 0 Å². The molecule has 1 aromatic carbocycles. The van der Waals surface area contributed by atoms with Crippen LogP contribution in [-0.4, -0.2) is 41.5 Å². The summed E-state index contributed by atoms with van der Waals surface area (Å²) in [6, 6.07) is 6.53. The molecule has 1 fully saturated rings. The van der Waals surface area contributed by atoms with Gasteiger partial charge in [-0.3, -0.25) is 14.5 Å². The third kappa shape index (κ3) is 3.82. The molecule has 0 bridgehead atoms. The number of aliphatic carboxylic acids is 1. The number of nitrogens with one attached hydrogen (secondary N) is 1. The van der Waals surface area contributed by atoms with E-state index < -0.39 is 5.97 Å². The van der Waals surface area contributed by atoms with Crippen molar-refractivity contribution in [3.05, 3.63) is 34.9 Å². The summed E-state index contributed by atoms with van der Waals surface area (Å²) in [6.45, 7) is 5.02. The standard InChI is InChI=1S/C16H22N2O3/c1-11-5-3-6-13(12(11)2)14-7-4-8-18(14)10-15(19)17-9-16(20)21/h3,5-6,14H,4,7-10H2,1-2H3,(H,17,19)(H,20,21). The molecule has 2 rings (SSSR count). The molecule has 21 heavy (non-hydrogen) atoms. The normalized spacial score (nSPS) is 18.7. The van der Waals surface area contributed by atoms with Crippen LogP contribution in [0.3, 0.4) is 0 Å². The van der Waals surface area contributed by atoms with E-state index in [0.717, 1.165) is 19.4 Å². The number of carboxylic acid groups (broad SMARTS) is 1. The van der Waals surface area contributed by atoms with Crippen LogP contribution in [0.25, 0.3) is 0 Å². The molecule has 1 aromatic rings. The lowest BCUT2D eigenvalue weighted by atomic mass is 9.96. The van der Waals surface area contributed by atoms with Gasteiger partial charge in [-0.25, -0.2) is 0 Å². The minimum absolute atomic E-state index is 0.227. The third-order valence-corrected chi connectivity index (χ3v) is 4.15. The molecular weight excluding hydrogens is 268 g/mol. The highest BCUT2D eigenvalue weighted by Gasteiger charge is 2.28. The number of aryl methyl sites for hydroxylation is 1. The number of amides is 1. The number of carbonyl (C=O) groups is 2. The molecule has 0 spiro atoms. The van der Waals surface area contributed by atoms with Crippen LogP contribution in [-0.2, 0) is 9.59 Å². The van der Waals surface area contributed by atoms with Gasteiger partial charge in [0.1, 0.15) is 6.54 Å². The predicted octanol–water partition coefficient (Wildman–Crippen LogP) is 1.64. The van der Waals surface area contributed by atoms with Gasteiger partial charge < -0.3 is 10.4 Å². The molecule has 2 N–H and O–H groups in total. The average Bonchev–Trinajstić information content (AvgIpc) is 2.87. The van der Waals surface area contributed by atoms with Crippen molar-refractivity contribution in [1.29, 1.82) is 0 Å². The second-order valence-corrected chi connectivity index (χ2v) is 5.59. The van der Waals surface area contributed by atoms with Crippen molar-refractivity contribution >= 4 is 11.9 Å². The highest BCUT2D eigenvalue weighted by molar-refractivity contribution is 5.82. The van der Waals surface area contributed by atoms with Crippen LogP contribution < -0.4 is 5.32 Å². The maximum atomic E-state index is 11.8. The number of rotatable bonds is 5. The minimum Gasteiger partial charge on any atom is -0.480 e. The Hall–Kier alpha value is -1.88. The maximum Gasteiger partial charge on any atom is 0.322 e. The molecule has 0 radical (unpaired) electrons.